The third-order valence-electron chi connectivity index (χ3n) is 4.00. The standard InChI is InChI=1S/C20H40S/c1-3-5-6-7-8-9-10-11-12-13-14-15-16-17-18-19-20-21-4-2/h11-12H,3-10,13-20H2,1-2H3. The predicted octanol–water partition coefficient (Wildman–Crippen LogP) is 7.78. The van der Waals surface area contributed by atoms with Gasteiger partial charge in [0.25, 0.3) is 0 Å². The van der Waals surface area contributed by atoms with Gasteiger partial charge in [-0.25, -0.2) is 0 Å². The quantitative estimate of drug-likeness (QED) is 0.195. The van der Waals surface area contributed by atoms with Gasteiger partial charge in [-0.1, -0.05) is 83.8 Å². The minimum Gasteiger partial charge on any atom is -0.162 e. The van der Waals surface area contributed by atoms with Crippen molar-refractivity contribution in [3.63, 3.8) is 0 Å². The first-order valence-electron chi connectivity index (χ1n) is 9.64. The SMILES string of the molecule is CCCCCCCCC=CCCCCCCCCSCC. The van der Waals surface area contributed by atoms with E-state index >= 15 is 0 Å². The summed E-state index contributed by atoms with van der Waals surface area (Å²) in [5.74, 6) is 2.66. The molecule has 0 aromatic rings. The van der Waals surface area contributed by atoms with Crippen LogP contribution in [0.2, 0.25) is 0 Å². The Morgan fingerprint density at radius 2 is 1.05 bits per heavy atom. The first kappa shape index (κ1) is 21.1. The third-order valence-corrected chi connectivity index (χ3v) is 4.99. The molecule has 0 nitrogen and oxygen atoms in total. The molecule has 0 aliphatic rings. The van der Waals surface area contributed by atoms with Crippen LogP contribution in [0, 0.1) is 0 Å². The van der Waals surface area contributed by atoms with Crippen LogP contribution in [0.5, 0.6) is 0 Å². The normalized spacial score (nSPS) is 11.5. The zero-order chi connectivity index (χ0) is 15.4. The van der Waals surface area contributed by atoms with Crippen LogP contribution in [0.15, 0.2) is 12.2 Å². The molecular formula is C20H40S. The van der Waals surface area contributed by atoms with Gasteiger partial charge in [0.1, 0.15) is 0 Å². The molecule has 0 saturated heterocycles. The Morgan fingerprint density at radius 3 is 1.57 bits per heavy atom. The van der Waals surface area contributed by atoms with E-state index in [0.29, 0.717) is 0 Å². The molecular weight excluding hydrogens is 272 g/mol. The first-order valence-corrected chi connectivity index (χ1v) is 10.8. The van der Waals surface area contributed by atoms with Crippen molar-refractivity contribution in [1.82, 2.24) is 0 Å². The molecule has 1 heteroatoms. The van der Waals surface area contributed by atoms with E-state index in [1.807, 2.05) is 0 Å². The minimum absolute atomic E-state index is 1.28. The zero-order valence-electron chi connectivity index (χ0n) is 14.9. The summed E-state index contributed by atoms with van der Waals surface area (Å²) in [7, 11) is 0. The average molecular weight is 313 g/mol. The summed E-state index contributed by atoms with van der Waals surface area (Å²) >= 11 is 2.09. The maximum absolute atomic E-state index is 2.42. The van der Waals surface area contributed by atoms with Crippen LogP contribution in [0.1, 0.15) is 104 Å². The van der Waals surface area contributed by atoms with Crippen LogP contribution < -0.4 is 0 Å². The van der Waals surface area contributed by atoms with Gasteiger partial charge in [-0.2, -0.15) is 11.8 Å². The molecule has 126 valence electrons. The van der Waals surface area contributed by atoms with E-state index in [1.165, 1.54) is 101 Å². The number of allylic oxidation sites excluding steroid dienone is 2. The lowest BCUT2D eigenvalue weighted by molar-refractivity contribution is 0.607. The Balaban J connectivity index is 3.02. The van der Waals surface area contributed by atoms with Gasteiger partial charge >= 0.3 is 0 Å². The van der Waals surface area contributed by atoms with E-state index in [9.17, 15) is 0 Å². The Morgan fingerprint density at radius 1 is 0.571 bits per heavy atom. The van der Waals surface area contributed by atoms with Crippen LogP contribution in [0.25, 0.3) is 0 Å². The highest BCUT2D eigenvalue weighted by molar-refractivity contribution is 7.99. The maximum Gasteiger partial charge on any atom is -0.00676 e. The van der Waals surface area contributed by atoms with Gasteiger partial charge in [-0.15, -0.1) is 0 Å². The van der Waals surface area contributed by atoms with E-state index in [2.05, 4.69) is 37.8 Å². The number of thioether (sulfide) groups is 1. The molecule has 0 fully saturated rings. The highest BCUT2D eigenvalue weighted by Crippen LogP contribution is 2.11. The van der Waals surface area contributed by atoms with Crippen LogP contribution in [0.3, 0.4) is 0 Å². The molecule has 21 heavy (non-hydrogen) atoms. The highest BCUT2D eigenvalue weighted by atomic mass is 32.2. The van der Waals surface area contributed by atoms with Crippen molar-refractivity contribution in [3.05, 3.63) is 12.2 Å². The first-order chi connectivity index (χ1) is 10.4. The Labute approximate surface area is 139 Å². The van der Waals surface area contributed by atoms with E-state index < -0.39 is 0 Å². The molecule has 0 aromatic carbocycles. The van der Waals surface area contributed by atoms with Crippen LogP contribution in [0.4, 0.5) is 0 Å². The Kier molecular flexibility index (Phi) is 20.2. The summed E-state index contributed by atoms with van der Waals surface area (Å²) in [6.07, 6.45) is 24.6. The van der Waals surface area contributed by atoms with Crippen molar-refractivity contribution in [3.8, 4) is 0 Å². The maximum atomic E-state index is 2.42. The van der Waals surface area contributed by atoms with Crippen molar-refractivity contribution < 1.29 is 0 Å². The second kappa shape index (κ2) is 20.1. The average Bonchev–Trinajstić information content (AvgIpc) is 2.50. The molecule has 0 aliphatic heterocycles. The Hall–Kier alpha value is 0.0900. The second-order valence-corrected chi connectivity index (χ2v) is 7.53. The third kappa shape index (κ3) is 20.1. The number of unbranched alkanes of at least 4 members (excludes halogenated alkanes) is 12. The molecule has 0 rings (SSSR count). The molecule has 0 spiro atoms. The summed E-state index contributed by atoms with van der Waals surface area (Å²) in [5.41, 5.74) is 0. The van der Waals surface area contributed by atoms with E-state index in [4.69, 9.17) is 0 Å². The smallest absolute Gasteiger partial charge is 0.00676 e. The molecule has 0 amide bonds. The van der Waals surface area contributed by atoms with Crippen molar-refractivity contribution >= 4 is 11.8 Å². The molecule has 0 radical (unpaired) electrons. The van der Waals surface area contributed by atoms with Gasteiger partial charge in [0.05, 0.1) is 0 Å². The Bertz CT molecular complexity index is 198. The molecule has 0 saturated carbocycles. The van der Waals surface area contributed by atoms with E-state index in [1.54, 1.807) is 0 Å². The fourth-order valence-corrected chi connectivity index (χ4v) is 3.29. The van der Waals surface area contributed by atoms with Crippen molar-refractivity contribution in [2.24, 2.45) is 0 Å². The van der Waals surface area contributed by atoms with Gasteiger partial charge < -0.3 is 0 Å². The van der Waals surface area contributed by atoms with Gasteiger partial charge in [-0.3, -0.25) is 0 Å². The lowest BCUT2D eigenvalue weighted by atomic mass is 10.1. The molecule has 0 N–H and O–H groups in total. The molecule has 0 unspecified atom stereocenters. The summed E-state index contributed by atoms with van der Waals surface area (Å²) in [6.45, 7) is 4.54. The van der Waals surface area contributed by atoms with E-state index in [-0.39, 0.29) is 0 Å². The van der Waals surface area contributed by atoms with Crippen molar-refractivity contribution in [1.29, 1.82) is 0 Å². The van der Waals surface area contributed by atoms with E-state index in [0.717, 1.165) is 0 Å². The topological polar surface area (TPSA) is 0 Å². The molecule has 0 aromatic heterocycles. The lowest BCUT2D eigenvalue weighted by Crippen LogP contribution is -1.83. The summed E-state index contributed by atoms with van der Waals surface area (Å²) < 4.78 is 0. The van der Waals surface area contributed by atoms with Gasteiger partial charge in [0.15, 0.2) is 0 Å². The monoisotopic (exact) mass is 312 g/mol. The number of hydrogen-bond acceptors (Lipinski definition) is 1. The van der Waals surface area contributed by atoms with Crippen LogP contribution >= 0.6 is 11.8 Å². The second-order valence-electron chi connectivity index (χ2n) is 6.13. The fourth-order valence-electron chi connectivity index (χ4n) is 2.60. The number of hydrogen-bond donors (Lipinski definition) is 0. The zero-order valence-corrected chi connectivity index (χ0v) is 15.7. The largest absolute Gasteiger partial charge is 0.162 e. The van der Waals surface area contributed by atoms with Gasteiger partial charge in [-0.05, 0) is 43.6 Å². The molecule has 0 atom stereocenters. The van der Waals surface area contributed by atoms with Crippen LogP contribution in [-0.2, 0) is 0 Å². The fraction of sp³-hybridized carbons (Fsp3) is 0.900. The van der Waals surface area contributed by atoms with Crippen LogP contribution in [-0.4, -0.2) is 11.5 Å². The lowest BCUT2D eigenvalue weighted by Gasteiger charge is -2.00. The molecule has 0 bridgehead atoms. The number of rotatable bonds is 17. The molecule has 0 aliphatic carbocycles. The van der Waals surface area contributed by atoms with Crippen molar-refractivity contribution in [2.75, 3.05) is 11.5 Å². The predicted molar refractivity (Wildman–Crippen MR) is 102 cm³/mol. The summed E-state index contributed by atoms with van der Waals surface area (Å²) in [6, 6.07) is 0. The van der Waals surface area contributed by atoms with Crippen molar-refractivity contribution in [2.45, 2.75) is 104 Å². The molecule has 0 heterocycles. The van der Waals surface area contributed by atoms with Gasteiger partial charge in [0, 0.05) is 0 Å². The summed E-state index contributed by atoms with van der Waals surface area (Å²) in [5, 5.41) is 0. The van der Waals surface area contributed by atoms with Gasteiger partial charge in [0.2, 0.25) is 0 Å². The summed E-state index contributed by atoms with van der Waals surface area (Å²) in [4.78, 5) is 0. The minimum atomic E-state index is 1.28. The highest BCUT2D eigenvalue weighted by Gasteiger charge is 1.91.